The van der Waals surface area contributed by atoms with Crippen molar-refractivity contribution in [2.24, 2.45) is 7.05 Å². The third-order valence-corrected chi connectivity index (χ3v) is 4.52. The predicted molar refractivity (Wildman–Crippen MR) is 104 cm³/mol. The van der Waals surface area contributed by atoms with Gasteiger partial charge in [0.25, 0.3) is 0 Å². The highest BCUT2D eigenvalue weighted by Crippen LogP contribution is 2.24. The van der Waals surface area contributed by atoms with Crippen LogP contribution >= 0.6 is 0 Å². The van der Waals surface area contributed by atoms with E-state index in [9.17, 15) is 0 Å². The molecule has 0 saturated carbocycles. The maximum Gasteiger partial charge on any atom is 0.163 e. The molecule has 1 atom stereocenters. The van der Waals surface area contributed by atoms with Crippen LogP contribution in [0.1, 0.15) is 30.0 Å². The average molecular weight is 359 g/mol. The third kappa shape index (κ3) is 3.76. The van der Waals surface area contributed by atoms with Crippen LogP contribution in [-0.2, 0) is 19.9 Å². The topological polar surface area (TPSA) is 81.4 Å². The van der Waals surface area contributed by atoms with Crippen molar-refractivity contribution in [3.63, 3.8) is 0 Å². The fourth-order valence-corrected chi connectivity index (χ4v) is 3.03. The van der Waals surface area contributed by atoms with Gasteiger partial charge in [0.15, 0.2) is 5.65 Å². The van der Waals surface area contributed by atoms with E-state index in [1.54, 1.807) is 23.4 Å². The molecule has 0 fully saturated rings. The summed E-state index contributed by atoms with van der Waals surface area (Å²) in [6, 6.07) is 12.3. The van der Waals surface area contributed by atoms with E-state index < -0.39 is 0 Å². The Morgan fingerprint density at radius 2 is 1.93 bits per heavy atom. The Bertz CT molecular complexity index is 1030. The minimum Gasteiger partial charge on any atom is -0.361 e. The number of nitrogens with one attached hydrogen (secondary N) is 1. The van der Waals surface area contributed by atoms with Gasteiger partial charge in [-0.2, -0.15) is 5.10 Å². The number of hydrogen-bond donors (Lipinski definition) is 1. The molecule has 0 saturated heterocycles. The molecule has 7 nitrogen and oxygen atoms in total. The third-order valence-electron chi connectivity index (χ3n) is 4.52. The summed E-state index contributed by atoms with van der Waals surface area (Å²) in [5.41, 5.74) is 3.01. The molecule has 3 aromatic heterocycles. The monoisotopic (exact) mass is 359 g/mol. The van der Waals surface area contributed by atoms with Gasteiger partial charge in [-0.1, -0.05) is 30.3 Å². The molecule has 4 rings (SSSR count). The lowest BCUT2D eigenvalue weighted by atomic mass is 10.1. The Kier molecular flexibility index (Phi) is 4.74. The zero-order valence-corrected chi connectivity index (χ0v) is 15.4. The van der Waals surface area contributed by atoms with Crippen molar-refractivity contribution in [2.75, 3.05) is 5.32 Å². The van der Waals surface area contributed by atoms with Crippen LogP contribution in [0.5, 0.6) is 0 Å². The second-order valence-corrected chi connectivity index (χ2v) is 6.48. The number of rotatable bonds is 6. The molecule has 0 aliphatic heterocycles. The number of anilines is 1. The van der Waals surface area contributed by atoms with Gasteiger partial charge in [-0.25, -0.2) is 19.9 Å². The number of aryl methyl sites for hydroxylation is 3. The Labute approximate surface area is 157 Å². The Morgan fingerprint density at radius 1 is 1.07 bits per heavy atom. The minimum absolute atomic E-state index is 0.00622. The van der Waals surface area contributed by atoms with E-state index in [0.29, 0.717) is 0 Å². The SMILES string of the molecule is CC(Nc1nc(CCc2ccccc2)nc2c1cnn2C)c1ccncn1. The smallest absolute Gasteiger partial charge is 0.163 e. The first-order valence-corrected chi connectivity index (χ1v) is 8.95. The molecule has 0 bridgehead atoms. The van der Waals surface area contributed by atoms with Crippen LogP contribution in [0.25, 0.3) is 11.0 Å². The van der Waals surface area contributed by atoms with Crippen LogP contribution < -0.4 is 5.32 Å². The fourth-order valence-electron chi connectivity index (χ4n) is 3.03. The number of fused-ring (bicyclic) bond motifs is 1. The van der Waals surface area contributed by atoms with E-state index in [2.05, 4.69) is 51.6 Å². The van der Waals surface area contributed by atoms with Gasteiger partial charge in [-0.05, 0) is 25.0 Å². The summed E-state index contributed by atoms with van der Waals surface area (Å²) < 4.78 is 1.78. The largest absolute Gasteiger partial charge is 0.361 e. The highest BCUT2D eigenvalue weighted by atomic mass is 15.3. The van der Waals surface area contributed by atoms with Crippen LogP contribution in [0.3, 0.4) is 0 Å². The summed E-state index contributed by atoms with van der Waals surface area (Å²) >= 11 is 0. The molecule has 4 aromatic rings. The van der Waals surface area contributed by atoms with E-state index in [1.807, 2.05) is 19.2 Å². The molecule has 3 heterocycles. The molecule has 27 heavy (non-hydrogen) atoms. The zero-order chi connectivity index (χ0) is 18.6. The predicted octanol–water partition coefficient (Wildman–Crippen LogP) is 3.11. The Morgan fingerprint density at radius 3 is 2.70 bits per heavy atom. The van der Waals surface area contributed by atoms with Crippen LogP contribution in [-0.4, -0.2) is 29.7 Å². The number of benzene rings is 1. The normalized spacial score (nSPS) is 12.2. The van der Waals surface area contributed by atoms with Crippen molar-refractivity contribution in [3.8, 4) is 0 Å². The highest BCUT2D eigenvalue weighted by Gasteiger charge is 2.15. The van der Waals surface area contributed by atoms with Crippen LogP contribution in [0.15, 0.2) is 55.1 Å². The number of hydrogen-bond acceptors (Lipinski definition) is 6. The molecule has 1 N–H and O–H groups in total. The van der Waals surface area contributed by atoms with Crippen molar-refractivity contribution in [3.05, 3.63) is 72.2 Å². The molecule has 0 radical (unpaired) electrons. The molecule has 7 heteroatoms. The molecule has 0 spiro atoms. The van der Waals surface area contributed by atoms with Gasteiger partial charge in [0.1, 0.15) is 18.0 Å². The lowest BCUT2D eigenvalue weighted by molar-refractivity contribution is 0.773. The molecule has 0 amide bonds. The molecule has 1 unspecified atom stereocenters. The summed E-state index contributed by atoms with van der Waals surface area (Å²) in [6.45, 7) is 2.05. The van der Waals surface area contributed by atoms with Gasteiger partial charge in [0, 0.05) is 19.7 Å². The summed E-state index contributed by atoms with van der Waals surface area (Å²) in [6.07, 6.45) is 6.75. The van der Waals surface area contributed by atoms with Crippen LogP contribution in [0.2, 0.25) is 0 Å². The number of aromatic nitrogens is 6. The van der Waals surface area contributed by atoms with Crippen molar-refractivity contribution >= 4 is 16.9 Å². The first-order valence-electron chi connectivity index (χ1n) is 8.95. The van der Waals surface area contributed by atoms with Gasteiger partial charge >= 0.3 is 0 Å². The van der Waals surface area contributed by atoms with Gasteiger partial charge in [-0.3, -0.25) is 4.68 Å². The fraction of sp³-hybridized carbons (Fsp3) is 0.250. The Balaban J connectivity index is 1.62. The van der Waals surface area contributed by atoms with Crippen molar-refractivity contribution in [2.45, 2.75) is 25.8 Å². The lowest BCUT2D eigenvalue weighted by Crippen LogP contribution is -2.12. The minimum atomic E-state index is -0.00622. The molecular weight excluding hydrogens is 338 g/mol. The van der Waals surface area contributed by atoms with Gasteiger partial charge in [-0.15, -0.1) is 0 Å². The van der Waals surface area contributed by atoms with Crippen molar-refractivity contribution < 1.29 is 0 Å². The van der Waals surface area contributed by atoms with E-state index >= 15 is 0 Å². The Hall–Kier alpha value is -3.35. The van der Waals surface area contributed by atoms with Crippen LogP contribution in [0.4, 0.5) is 5.82 Å². The lowest BCUT2D eigenvalue weighted by Gasteiger charge is -2.15. The number of nitrogens with zero attached hydrogens (tertiary/aromatic N) is 6. The summed E-state index contributed by atoms with van der Waals surface area (Å²) in [5.74, 6) is 1.58. The highest BCUT2D eigenvalue weighted by molar-refractivity contribution is 5.86. The van der Waals surface area contributed by atoms with Gasteiger partial charge in [0.2, 0.25) is 0 Å². The average Bonchev–Trinajstić information content (AvgIpc) is 3.09. The summed E-state index contributed by atoms with van der Waals surface area (Å²) in [5, 5.41) is 8.71. The molecule has 1 aromatic carbocycles. The van der Waals surface area contributed by atoms with E-state index in [1.165, 1.54) is 5.56 Å². The van der Waals surface area contributed by atoms with E-state index in [4.69, 9.17) is 9.97 Å². The molecule has 136 valence electrons. The summed E-state index contributed by atoms with van der Waals surface area (Å²) in [7, 11) is 1.90. The second kappa shape index (κ2) is 7.49. The van der Waals surface area contributed by atoms with Crippen molar-refractivity contribution in [1.82, 2.24) is 29.7 Å². The maximum absolute atomic E-state index is 4.78. The summed E-state index contributed by atoms with van der Waals surface area (Å²) in [4.78, 5) is 17.8. The first kappa shape index (κ1) is 17.1. The van der Waals surface area contributed by atoms with E-state index in [-0.39, 0.29) is 6.04 Å². The molecular formula is C20H21N7. The first-order chi connectivity index (χ1) is 13.2. The zero-order valence-electron chi connectivity index (χ0n) is 15.4. The molecule has 0 aliphatic carbocycles. The van der Waals surface area contributed by atoms with Gasteiger partial charge in [0.05, 0.1) is 23.3 Å². The van der Waals surface area contributed by atoms with Crippen LogP contribution in [0, 0.1) is 0 Å². The van der Waals surface area contributed by atoms with E-state index in [0.717, 1.165) is 41.2 Å². The molecule has 0 aliphatic rings. The second-order valence-electron chi connectivity index (χ2n) is 6.48. The maximum atomic E-state index is 4.78. The van der Waals surface area contributed by atoms with Crippen molar-refractivity contribution in [1.29, 1.82) is 0 Å². The van der Waals surface area contributed by atoms with Gasteiger partial charge < -0.3 is 5.32 Å². The standard InChI is InChI=1S/C20H21N7/c1-14(17-10-11-21-13-22-17)24-19-16-12-23-27(2)20(16)26-18(25-19)9-8-15-6-4-3-5-7-15/h3-7,10-14H,8-9H2,1-2H3,(H,24,25,26). The quantitative estimate of drug-likeness (QED) is 0.570.